The largest absolute Gasteiger partial charge is 0.455 e. The van der Waals surface area contributed by atoms with Gasteiger partial charge in [-0.25, -0.2) is 0 Å². The lowest BCUT2D eigenvalue weighted by molar-refractivity contribution is 0.670. The molecule has 9 aromatic carbocycles. The Morgan fingerprint density at radius 2 is 0.947 bits per heavy atom. The molecule has 0 N–H and O–H groups in total. The lowest BCUT2D eigenvalue weighted by Gasteiger charge is -2.31. The predicted octanol–water partition coefficient (Wildman–Crippen LogP) is 15.2. The summed E-state index contributed by atoms with van der Waals surface area (Å²) in [6.45, 7) is 0. The highest BCUT2D eigenvalue weighted by molar-refractivity contribution is 6.13. The summed E-state index contributed by atoms with van der Waals surface area (Å²) in [6, 6.07) is 78.2. The molecule has 268 valence electrons. The maximum Gasteiger partial charge on any atom is 0.143 e. The van der Waals surface area contributed by atoms with Crippen molar-refractivity contribution in [3.8, 4) is 39.1 Å². The average molecular weight is 729 g/mol. The van der Waals surface area contributed by atoms with Gasteiger partial charge in [0.15, 0.2) is 0 Å². The fourth-order valence-electron chi connectivity index (χ4n) is 8.71. The van der Waals surface area contributed by atoms with Crippen molar-refractivity contribution in [2.24, 2.45) is 0 Å². The number of aromatic nitrogens is 1. The molecule has 11 aromatic rings. The van der Waals surface area contributed by atoms with Crippen LogP contribution in [0.25, 0.3) is 82.8 Å². The van der Waals surface area contributed by atoms with Gasteiger partial charge in [-0.3, -0.25) is 0 Å². The maximum absolute atomic E-state index is 6.69. The van der Waals surface area contributed by atoms with Gasteiger partial charge in [0, 0.05) is 49.6 Å². The van der Waals surface area contributed by atoms with Crippen LogP contribution in [0.5, 0.6) is 0 Å². The molecule has 0 spiro atoms. The van der Waals surface area contributed by atoms with Gasteiger partial charge in [0.05, 0.1) is 22.4 Å². The lowest BCUT2D eigenvalue weighted by Crippen LogP contribution is -2.13. The zero-order valence-electron chi connectivity index (χ0n) is 31.1. The highest BCUT2D eigenvalue weighted by atomic mass is 16.3. The molecule has 57 heavy (non-hydrogen) atoms. The van der Waals surface area contributed by atoms with Crippen molar-refractivity contribution in [3.05, 3.63) is 218 Å². The van der Waals surface area contributed by atoms with E-state index in [9.17, 15) is 0 Å². The van der Waals surface area contributed by atoms with E-state index in [1.807, 2.05) is 6.07 Å². The Labute approximate surface area is 330 Å². The van der Waals surface area contributed by atoms with Gasteiger partial charge in [0.1, 0.15) is 11.2 Å². The number of nitrogens with zero attached hydrogens (tertiary/aromatic N) is 2. The van der Waals surface area contributed by atoms with Crippen LogP contribution in [0.2, 0.25) is 0 Å². The number of furan rings is 1. The fourth-order valence-corrected chi connectivity index (χ4v) is 8.71. The molecular weight excluding hydrogens is 693 g/mol. The number of anilines is 3. The Hall–Kier alpha value is -7.62. The molecule has 3 nitrogen and oxygen atoms in total. The highest BCUT2D eigenvalue weighted by Crippen LogP contribution is 2.50. The first-order valence-electron chi connectivity index (χ1n) is 19.4. The van der Waals surface area contributed by atoms with Crippen molar-refractivity contribution in [1.82, 2.24) is 4.57 Å². The van der Waals surface area contributed by atoms with Crippen LogP contribution < -0.4 is 4.90 Å². The summed E-state index contributed by atoms with van der Waals surface area (Å²) < 4.78 is 9.08. The van der Waals surface area contributed by atoms with Gasteiger partial charge >= 0.3 is 0 Å². The normalized spacial score (nSPS) is 11.5. The Balaban J connectivity index is 1.24. The summed E-state index contributed by atoms with van der Waals surface area (Å²) in [5.41, 5.74) is 15.1. The molecule has 0 bridgehead atoms. The third-order valence-electron chi connectivity index (χ3n) is 11.2. The summed E-state index contributed by atoms with van der Waals surface area (Å²) >= 11 is 0. The van der Waals surface area contributed by atoms with Crippen LogP contribution in [0.4, 0.5) is 17.1 Å². The molecule has 11 rings (SSSR count). The molecule has 0 aliphatic heterocycles. The number of fused-ring (bicyclic) bond motifs is 6. The van der Waals surface area contributed by atoms with E-state index in [0.717, 1.165) is 78.0 Å². The first-order valence-corrected chi connectivity index (χ1v) is 19.4. The first kappa shape index (κ1) is 32.8. The second-order valence-corrected chi connectivity index (χ2v) is 14.5. The molecule has 0 atom stereocenters. The average Bonchev–Trinajstić information content (AvgIpc) is 3.83. The van der Waals surface area contributed by atoms with Gasteiger partial charge in [-0.15, -0.1) is 0 Å². The summed E-state index contributed by atoms with van der Waals surface area (Å²) in [5, 5.41) is 4.65. The highest BCUT2D eigenvalue weighted by Gasteiger charge is 2.25. The molecule has 0 saturated carbocycles. The van der Waals surface area contributed by atoms with Crippen molar-refractivity contribution in [1.29, 1.82) is 0 Å². The Morgan fingerprint density at radius 3 is 1.77 bits per heavy atom. The van der Waals surface area contributed by atoms with E-state index in [2.05, 4.69) is 222 Å². The van der Waals surface area contributed by atoms with Gasteiger partial charge < -0.3 is 13.9 Å². The van der Waals surface area contributed by atoms with E-state index in [4.69, 9.17) is 4.42 Å². The van der Waals surface area contributed by atoms with Crippen LogP contribution in [0.1, 0.15) is 0 Å². The first-order chi connectivity index (χ1) is 28.3. The van der Waals surface area contributed by atoms with Crippen molar-refractivity contribution < 1.29 is 4.42 Å². The second-order valence-electron chi connectivity index (χ2n) is 14.5. The maximum atomic E-state index is 6.69. The van der Waals surface area contributed by atoms with Crippen LogP contribution in [-0.4, -0.2) is 4.57 Å². The zero-order valence-corrected chi connectivity index (χ0v) is 31.1. The minimum atomic E-state index is 0.882. The zero-order chi connectivity index (χ0) is 37.7. The molecule has 2 heterocycles. The van der Waals surface area contributed by atoms with Gasteiger partial charge in [0.2, 0.25) is 0 Å². The molecule has 0 fully saturated rings. The minimum absolute atomic E-state index is 0.882. The number of para-hydroxylation sites is 5. The molecule has 0 aliphatic carbocycles. The van der Waals surface area contributed by atoms with Crippen LogP contribution in [0, 0.1) is 0 Å². The summed E-state index contributed by atoms with van der Waals surface area (Å²) in [4.78, 5) is 2.46. The number of rotatable bonds is 7. The molecule has 2 aromatic heterocycles. The van der Waals surface area contributed by atoms with E-state index >= 15 is 0 Å². The molecular formula is C54H36N2O. The minimum Gasteiger partial charge on any atom is -0.455 e. The molecule has 0 amide bonds. The number of hydrogen-bond donors (Lipinski definition) is 0. The Morgan fingerprint density at radius 1 is 0.368 bits per heavy atom. The summed E-state index contributed by atoms with van der Waals surface area (Å²) in [7, 11) is 0. The smallest absolute Gasteiger partial charge is 0.143 e. The van der Waals surface area contributed by atoms with E-state index in [-0.39, 0.29) is 0 Å². The summed E-state index contributed by atoms with van der Waals surface area (Å²) in [5.74, 6) is 0. The molecule has 0 aliphatic rings. The third kappa shape index (κ3) is 5.43. The van der Waals surface area contributed by atoms with E-state index < -0.39 is 0 Å². The summed E-state index contributed by atoms with van der Waals surface area (Å²) in [6.07, 6.45) is 0. The van der Waals surface area contributed by atoms with E-state index in [0.29, 0.717) is 0 Å². The van der Waals surface area contributed by atoms with Crippen LogP contribution >= 0.6 is 0 Å². The topological polar surface area (TPSA) is 21.3 Å². The fraction of sp³-hybridized carbons (Fsp3) is 0. The van der Waals surface area contributed by atoms with Crippen molar-refractivity contribution in [3.63, 3.8) is 0 Å². The molecule has 0 radical (unpaired) electrons. The van der Waals surface area contributed by atoms with Crippen molar-refractivity contribution in [2.75, 3.05) is 4.90 Å². The quantitative estimate of drug-likeness (QED) is 0.163. The number of benzene rings is 9. The van der Waals surface area contributed by atoms with Crippen LogP contribution in [-0.2, 0) is 0 Å². The van der Waals surface area contributed by atoms with Gasteiger partial charge in [0.25, 0.3) is 0 Å². The standard InChI is InChI=1S/C54H36N2O/c1-4-18-37(19-5-1)41-27-17-32-50(53(41)38-20-6-2-7-21-38)56(40-34-35-44-42-24-10-13-30-48(42)55(51(44)36-40)39-22-8-3-9-23-39)49-31-14-11-25-43(49)46-28-16-29-47-45-26-12-15-33-52(45)57-54(46)47/h1-36H. The predicted molar refractivity (Wildman–Crippen MR) is 239 cm³/mol. The van der Waals surface area contributed by atoms with Gasteiger partial charge in [-0.1, -0.05) is 170 Å². The molecule has 0 saturated heterocycles. The lowest BCUT2D eigenvalue weighted by atomic mass is 9.91. The van der Waals surface area contributed by atoms with Crippen molar-refractivity contribution >= 4 is 60.8 Å². The van der Waals surface area contributed by atoms with Crippen LogP contribution in [0.15, 0.2) is 223 Å². The third-order valence-corrected chi connectivity index (χ3v) is 11.2. The van der Waals surface area contributed by atoms with Gasteiger partial charge in [-0.2, -0.15) is 0 Å². The molecule has 3 heteroatoms. The van der Waals surface area contributed by atoms with E-state index in [1.165, 1.54) is 21.9 Å². The number of hydrogen-bond acceptors (Lipinski definition) is 2. The van der Waals surface area contributed by atoms with Crippen molar-refractivity contribution in [2.45, 2.75) is 0 Å². The monoisotopic (exact) mass is 728 g/mol. The van der Waals surface area contributed by atoms with Gasteiger partial charge in [-0.05, 0) is 65.2 Å². The Bertz CT molecular complexity index is 3230. The SMILES string of the molecule is c1ccc(-c2cccc(N(c3ccc4c5ccccc5n(-c5ccccc5)c4c3)c3ccccc3-c3cccc4c3oc3ccccc34)c2-c2ccccc2)cc1. The second kappa shape index (κ2) is 13.6. The van der Waals surface area contributed by atoms with Crippen LogP contribution in [0.3, 0.4) is 0 Å². The molecule has 0 unspecified atom stereocenters. The van der Waals surface area contributed by atoms with E-state index in [1.54, 1.807) is 0 Å². The Kier molecular flexibility index (Phi) is 7.82.